The summed E-state index contributed by atoms with van der Waals surface area (Å²) in [5, 5.41) is 3.23. The fourth-order valence-corrected chi connectivity index (χ4v) is 5.39. The Morgan fingerprint density at radius 2 is 1.89 bits per heavy atom. The molecule has 2 amide bonds. The predicted octanol–water partition coefficient (Wildman–Crippen LogP) is 6.38. The first-order valence-electron chi connectivity index (χ1n) is 12.0. The van der Waals surface area contributed by atoms with Gasteiger partial charge in [0.05, 0.1) is 17.8 Å². The number of thioether (sulfide) groups is 1. The molecule has 1 aliphatic heterocycles. The van der Waals surface area contributed by atoms with Gasteiger partial charge >= 0.3 is 6.09 Å². The Morgan fingerprint density at radius 3 is 2.50 bits per heavy atom. The second-order valence-electron chi connectivity index (χ2n) is 10.3. The molecule has 36 heavy (non-hydrogen) atoms. The molecule has 0 aromatic heterocycles. The molecule has 2 aliphatic rings. The molecule has 1 aliphatic carbocycles. The number of hydrogen-bond donors (Lipinski definition) is 1. The predicted molar refractivity (Wildman–Crippen MR) is 139 cm³/mol. The number of alkyl carbamates (subject to hydrolysis) is 1. The summed E-state index contributed by atoms with van der Waals surface area (Å²) in [6.07, 6.45) is 2.65. The summed E-state index contributed by atoms with van der Waals surface area (Å²) in [4.78, 5) is 41.1. The Bertz CT molecular complexity index is 1160. The summed E-state index contributed by atoms with van der Waals surface area (Å²) in [5.41, 5.74) is 0.518. The van der Waals surface area contributed by atoms with E-state index in [2.05, 4.69) is 5.32 Å². The topological polar surface area (TPSA) is 75.7 Å². The maximum atomic E-state index is 15.1. The molecule has 1 saturated carbocycles. The molecule has 1 atom stereocenters. The largest absolute Gasteiger partial charge is 0.444 e. The number of ketones is 1. The zero-order valence-corrected chi connectivity index (χ0v) is 22.2. The second-order valence-corrected chi connectivity index (χ2v) is 11.8. The van der Waals surface area contributed by atoms with E-state index < -0.39 is 23.6 Å². The second kappa shape index (κ2) is 10.8. The summed E-state index contributed by atoms with van der Waals surface area (Å²) in [6, 6.07) is 8.97. The van der Waals surface area contributed by atoms with Crippen molar-refractivity contribution in [2.75, 3.05) is 10.7 Å². The Kier molecular flexibility index (Phi) is 7.95. The molecule has 0 unspecified atom stereocenters. The molecule has 192 valence electrons. The van der Waals surface area contributed by atoms with E-state index in [1.807, 2.05) is 0 Å². The number of Topliss-reactive ketones (excluding diaryl/α,β-unsaturated/α-hetero) is 1. The number of amides is 2. The van der Waals surface area contributed by atoms with Crippen molar-refractivity contribution in [3.05, 3.63) is 58.4 Å². The van der Waals surface area contributed by atoms with Crippen LogP contribution in [0, 0.1) is 11.7 Å². The highest BCUT2D eigenvalue weighted by Crippen LogP contribution is 2.39. The number of fused-ring (bicyclic) bond motifs is 1. The van der Waals surface area contributed by atoms with E-state index in [9.17, 15) is 14.4 Å². The molecule has 2 aromatic carbocycles. The first kappa shape index (κ1) is 26.5. The lowest BCUT2D eigenvalue weighted by Gasteiger charge is -2.28. The van der Waals surface area contributed by atoms with E-state index in [0.29, 0.717) is 27.9 Å². The number of anilines is 1. The van der Waals surface area contributed by atoms with E-state index in [1.54, 1.807) is 45.0 Å². The highest BCUT2D eigenvalue weighted by Gasteiger charge is 2.35. The molecular weight excluding hydrogens is 503 g/mol. The Hall–Kier alpha value is -2.58. The van der Waals surface area contributed by atoms with E-state index in [4.69, 9.17) is 16.3 Å². The molecule has 0 bridgehead atoms. The molecular formula is C27H30ClFN2O4S. The molecule has 9 heteroatoms. The zero-order valence-electron chi connectivity index (χ0n) is 20.6. The smallest absolute Gasteiger partial charge is 0.408 e. The third kappa shape index (κ3) is 6.40. The Morgan fingerprint density at radius 1 is 1.19 bits per heavy atom. The molecule has 4 rings (SSSR count). The Balaban J connectivity index is 1.67. The molecule has 6 nitrogen and oxygen atoms in total. The van der Waals surface area contributed by atoms with Gasteiger partial charge in [-0.1, -0.05) is 43.0 Å². The van der Waals surface area contributed by atoms with Crippen LogP contribution in [0.5, 0.6) is 0 Å². The van der Waals surface area contributed by atoms with Crippen LogP contribution in [-0.2, 0) is 16.1 Å². The van der Waals surface area contributed by atoms with Gasteiger partial charge in [0.15, 0.2) is 5.78 Å². The summed E-state index contributed by atoms with van der Waals surface area (Å²) in [6.45, 7) is 5.38. The summed E-state index contributed by atoms with van der Waals surface area (Å²) in [5.74, 6) is -0.735. The van der Waals surface area contributed by atoms with Gasteiger partial charge in [-0.15, -0.1) is 11.8 Å². The van der Waals surface area contributed by atoms with Crippen LogP contribution in [0.3, 0.4) is 0 Å². The molecule has 2 aromatic rings. The number of nitrogens with one attached hydrogen (secondary N) is 1. The average Bonchev–Trinajstić information content (AvgIpc) is 2.88. The van der Waals surface area contributed by atoms with Crippen molar-refractivity contribution in [2.24, 2.45) is 5.92 Å². The van der Waals surface area contributed by atoms with Gasteiger partial charge in [0.1, 0.15) is 17.5 Å². The Labute approximate surface area is 219 Å². The quantitative estimate of drug-likeness (QED) is 0.437. The minimum atomic E-state index is -0.901. The zero-order chi connectivity index (χ0) is 26.0. The highest BCUT2D eigenvalue weighted by molar-refractivity contribution is 7.99. The fraction of sp³-hybridized carbons (Fsp3) is 0.444. The van der Waals surface area contributed by atoms with Crippen molar-refractivity contribution in [2.45, 2.75) is 69.5 Å². The molecule has 0 spiro atoms. The van der Waals surface area contributed by atoms with Crippen molar-refractivity contribution >= 4 is 46.8 Å². The minimum Gasteiger partial charge on any atom is -0.444 e. The van der Waals surface area contributed by atoms with Crippen LogP contribution >= 0.6 is 23.4 Å². The van der Waals surface area contributed by atoms with Crippen LogP contribution in [-0.4, -0.2) is 35.2 Å². The lowest BCUT2D eigenvalue weighted by atomic mass is 9.81. The van der Waals surface area contributed by atoms with Gasteiger partial charge < -0.3 is 15.0 Å². The lowest BCUT2D eigenvalue weighted by Crippen LogP contribution is -2.50. The number of benzene rings is 2. The third-order valence-corrected chi connectivity index (χ3v) is 7.64. The number of ether oxygens (including phenoxy) is 1. The van der Waals surface area contributed by atoms with Crippen molar-refractivity contribution in [1.29, 1.82) is 0 Å². The average molecular weight is 533 g/mol. The number of hydrogen-bond acceptors (Lipinski definition) is 5. The van der Waals surface area contributed by atoms with Gasteiger partial charge in [-0.3, -0.25) is 9.59 Å². The number of carbonyl (C=O) groups is 3. The van der Waals surface area contributed by atoms with E-state index in [0.717, 1.165) is 24.8 Å². The standard InChI is InChI=1S/C27H30ClFN2O4S/c1-27(2,3)35-26(34)30-21-15-36-24-13-20(29)19(23(32)11-16-5-4-6-16)12-22(24)31(25(21)33)14-17-7-9-18(28)10-8-17/h7-10,12-13,16,21H,4-6,11,14-15H2,1-3H3,(H,30,34)/t21-/m0/s1. The fourth-order valence-electron chi connectivity index (χ4n) is 4.19. The molecule has 0 radical (unpaired) electrons. The maximum absolute atomic E-state index is 15.1. The van der Waals surface area contributed by atoms with Crippen LogP contribution in [0.2, 0.25) is 5.02 Å². The number of rotatable bonds is 6. The summed E-state index contributed by atoms with van der Waals surface area (Å²) >= 11 is 7.29. The molecule has 1 N–H and O–H groups in total. The maximum Gasteiger partial charge on any atom is 0.408 e. The molecule has 1 fully saturated rings. The van der Waals surface area contributed by atoms with Crippen molar-refractivity contribution in [3.8, 4) is 0 Å². The van der Waals surface area contributed by atoms with Crippen molar-refractivity contribution in [1.82, 2.24) is 5.32 Å². The molecule has 0 saturated heterocycles. The summed E-state index contributed by atoms with van der Waals surface area (Å²) in [7, 11) is 0. The van der Waals surface area contributed by atoms with E-state index in [-0.39, 0.29) is 29.6 Å². The third-order valence-electron chi connectivity index (χ3n) is 6.25. The van der Waals surface area contributed by atoms with Crippen LogP contribution in [0.4, 0.5) is 14.9 Å². The lowest BCUT2D eigenvalue weighted by molar-refractivity contribution is -0.120. The van der Waals surface area contributed by atoms with Gasteiger partial charge in [-0.2, -0.15) is 0 Å². The van der Waals surface area contributed by atoms with Crippen LogP contribution < -0.4 is 10.2 Å². The van der Waals surface area contributed by atoms with Gasteiger partial charge in [0, 0.05) is 22.1 Å². The van der Waals surface area contributed by atoms with Crippen molar-refractivity contribution in [3.63, 3.8) is 0 Å². The molecule has 1 heterocycles. The normalized spacial score (nSPS) is 18.2. The SMILES string of the molecule is CC(C)(C)OC(=O)N[C@H]1CSc2cc(F)c(C(=O)CC3CCC3)cc2N(Cc2ccc(Cl)cc2)C1=O. The number of halogens is 2. The summed E-state index contributed by atoms with van der Waals surface area (Å²) < 4.78 is 20.4. The van der Waals surface area contributed by atoms with Gasteiger partial charge in [0.25, 0.3) is 5.91 Å². The van der Waals surface area contributed by atoms with Gasteiger partial charge in [-0.25, -0.2) is 9.18 Å². The van der Waals surface area contributed by atoms with E-state index in [1.165, 1.54) is 28.8 Å². The van der Waals surface area contributed by atoms with Crippen molar-refractivity contribution < 1.29 is 23.5 Å². The van der Waals surface area contributed by atoms with Gasteiger partial charge in [-0.05, 0) is 56.5 Å². The van der Waals surface area contributed by atoms with Crippen LogP contribution in [0.25, 0.3) is 0 Å². The highest BCUT2D eigenvalue weighted by atomic mass is 35.5. The number of carbonyl (C=O) groups excluding carboxylic acids is 3. The van der Waals surface area contributed by atoms with Crippen LogP contribution in [0.1, 0.15) is 62.4 Å². The van der Waals surface area contributed by atoms with Gasteiger partial charge in [0.2, 0.25) is 0 Å². The number of nitrogens with zero attached hydrogens (tertiary/aromatic N) is 1. The van der Waals surface area contributed by atoms with E-state index >= 15 is 4.39 Å². The first-order valence-corrected chi connectivity index (χ1v) is 13.4. The first-order chi connectivity index (χ1) is 17.0. The van der Waals surface area contributed by atoms with Crippen LogP contribution in [0.15, 0.2) is 41.3 Å². The monoisotopic (exact) mass is 532 g/mol. The minimum absolute atomic E-state index is 0.00583.